The molecule has 3 saturated carbocycles. The van der Waals surface area contributed by atoms with Crippen LogP contribution in [0.1, 0.15) is 86.5 Å². The molecule has 2 nitrogen and oxygen atoms in total. The minimum Gasteiger partial charge on any atom is -0.0995 e. The third-order valence-corrected chi connectivity index (χ3v) is 8.30. The summed E-state index contributed by atoms with van der Waals surface area (Å²) in [6, 6.07) is 6.25. The summed E-state index contributed by atoms with van der Waals surface area (Å²) in [7, 11) is 0. The third kappa shape index (κ3) is 3.58. The minimum absolute atomic E-state index is 0.00285. The van der Waals surface area contributed by atoms with Gasteiger partial charge in [-0.05, 0) is 55.8 Å². The second-order valence-corrected chi connectivity index (χ2v) is 10.3. The van der Waals surface area contributed by atoms with Gasteiger partial charge in [-0.1, -0.05) is 35.7 Å². The fraction of sp³-hybridized carbons (Fsp3) is 0.840. The largest absolute Gasteiger partial charge is 0.287 e. The van der Waals surface area contributed by atoms with Crippen LogP contribution in [0.4, 0.5) is 0 Å². The van der Waals surface area contributed by atoms with Crippen molar-refractivity contribution >= 4 is 0 Å². The Bertz CT molecular complexity index is 697. The first-order valence-electron chi connectivity index (χ1n) is 11.2. The average molecular weight is 369 g/mol. The van der Waals surface area contributed by atoms with E-state index in [-0.39, 0.29) is 11.1 Å². The maximum Gasteiger partial charge on any atom is 0.287 e. The topological polar surface area (TPSA) is 8.72 Å². The van der Waals surface area contributed by atoms with Gasteiger partial charge in [0.15, 0.2) is 0 Å². The van der Waals surface area contributed by atoms with Crippen molar-refractivity contribution < 1.29 is 0 Å². The summed E-state index contributed by atoms with van der Waals surface area (Å²) in [5.41, 5.74) is 1.62. The predicted molar refractivity (Wildman–Crippen MR) is 116 cm³/mol. The molecule has 0 aromatic rings. The molecule has 0 amide bonds. The van der Waals surface area contributed by atoms with Gasteiger partial charge in [-0.25, -0.2) is 0 Å². The maximum atomic E-state index is 5.12. The molecule has 0 radical (unpaired) electrons. The van der Waals surface area contributed by atoms with Crippen molar-refractivity contribution in [3.63, 3.8) is 0 Å². The van der Waals surface area contributed by atoms with Gasteiger partial charge in [-0.15, -0.1) is 0 Å². The molecule has 0 spiro atoms. The van der Waals surface area contributed by atoms with Gasteiger partial charge in [-0.2, -0.15) is 0 Å². The van der Waals surface area contributed by atoms with Crippen molar-refractivity contribution in [3.05, 3.63) is 21.8 Å². The molecule has 3 rings (SSSR count). The molecule has 0 heterocycles. The Balaban J connectivity index is 1.94. The first kappa shape index (κ1) is 20.5. The Morgan fingerprint density at radius 3 is 2.59 bits per heavy atom. The van der Waals surface area contributed by atoms with E-state index in [1.807, 2.05) is 13.8 Å². The number of allylic oxidation sites excluding steroid dienone is 1. The average Bonchev–Trinajstić information content (AvgIpc) is 2.60. The second-order valence-electron chi connectivity index (χ2n) is 10.3. The van der Waals surface area contributed by atoms with Gasteiger partial charge < -0.3 is 0 Å². The lowest BCUT2D eigenvalue weighted by atomic mass is 9.45. The molecule has 7 atom stereocenters. The van der Waals surface area contributed by atoms with Crippen LogP contribution in [0.2, 0.25) is 0 Å². The zero-order valence-electron chi connectivity index (χ0n) is 18.5. The van der Waals surface area contributed by atoms with E-state index in [2.05, 4.69) is 51.3 Å². The summed E-state index contributed by atoms with van der Waals surface area (Å²) in [5.74, 6) is 4.33. The van der Waals surface area contributed by atoms with Crippen molar-refractivity contribution in [2.45, 2.75) is 97.6 Å². The van der Waals surface area contributed by atoms with Crippen LogP contribution in [-0.4, -0.2) is 11.1 Å². The Morgan fingerprint density at radius 1 is 1.19 bits per heavy atom. The summed E-state index contributed by atoms with van der Waals surface area (Å²) in [6.45, 7) is 18.0. The molecule has 0 aromatic heterocycles. The van der Waals surface area contributed by atoms with E-state index in [0.29, 0.717) is 17.8 Å². The van der Waals surface area contributed by atoms with Gasteiger partial charge in [0.1, 0.15) is 0 Å². The minimum atomic E-state index is -0.00285. The van der Waals surface area contributed by atoms with Crippen LogP contribution in [-0.2, 0) is 0 Å². The fourth-order valence-electron chi connectivity index (χ4n) is 7.05. The molecule has 0 saturated heterocycles. The molecule has 0 N–H and O–H groups in total. The van der Waals surface area contributed by atoms with Crippen molar-refractivity contribution in [3.8, 4) is 12.1 Å². The van der Waals surface area contributed by atoms with Crippen LogP contribution in [0.3, 0.4) is 0 Å². The summed E-state index contributed by atoms with van der Waals surface area (Å²) in [6.07, 6.45) is 8.78. The van der Waals surface area contributed by atoms with Crippen LogP contribution in [0.25, 0.3) is 9.69 Å². The van der Waals surface area contributed by atoms with Crippen LogP contribution in [0.5, 0.6) is 0 Å². The molecule has 2 heteroatoms. The normalized spacial score (nSPS) is 40.9. The molecule has 0 bridgehead atoms. The van der Waals surface area contributed by atoms with E-state index < -0.39 is 0 Å². The number of hydrogen-bond donors (Lipinski definition) is 0. The van der Waals surface area contributed by atoms with Crippen LogP contribution >= 0.6 is 0 Å². The summed E-state index contributed by atoms with van der Waals surface area (Å²) >= 11 is 0. The molecule has 0 unspecified atom stereocenters. The van der Waals surface area contributed by atoms with Gasteiger partial charge in [0.2, 0.25) is 0 Å². The lowest BCUT2D eigenvalue weighted by Crippen LogP contribution is -2.59. The SMILES string of the molecule is C=C1CC[C@@]2([N+]#CC)[C@H]3[C@H](CC[C@@H]2C)[C@@H](C)C[C@@H](CCC(C)(C)[N+]#CC)[C@H]13. The van der Waals surface area contributed by atoms with Crippen molar-refractivity contribution in [2.75, 3.05) is 0 Å². The van der Waals surface area contributed by atoms with E-state index in [0.717, 1.165) is 30.6 Å². The highest BCUT2D eigenvalue weighted by molar-refractivity contribution is 5.26. The lowest BCUT2D eigenvalue weighted by Gasteiger charge is -2.56. The van der Waals surface area contributed by atoms with Crippen LogP contribution < -0.4 is 0 Å². The zero-order chi connectivity index (χ0) is 19.8. The maximum absolute atomic E-state index is 5.12. The smallest absolute Gasteiger partial charge is 0.0995 e. The van der Waals surface area contributed by atoms with Crippen molar-refractivity contribution in [2.24, 2.45) is 35.5 Å². The molecule has 0 aromatic carbocycles. The van der Waals surface area contributed by atoms with Gasteiger partial charge in [-0.3, -0.25) is 0 Å². The molecule has 3 aliphatic rings. The Kier molecular flexibility index (Phi) is 5.77. The highest BCUT2D eigenvalue weighted by Crippen LogP contribution is 2.62. The molecule has 3 aliphatic carbocycles. The monoisotopic (exact) mass is 368 g/mol. The highest BCUT2D eigenvalue weighted by Gasteiger charge is 2.66. The number of rotatable bonds is 3. The van der Waals surface area contributed by atoms with Crippen molar-refractivity contribution in [1.82, 2.24) is 0 Å². The van der Waals surface area contributed by atoms with Crippen molar-refractivity contribution in [1.29, 1.82) is 0 Å². The molecule has 0 aliphatic heterocycles. The van der Waals surface area contributed by atoms with Crippen LogP contribution in [0, 0.1) is 47.6 Å². The molecular formula is C25H40N2+2. The third-order valence-electron chi connectivity index (χ3n) is 8.30. The second kappa shape index (κ2) is 7.62. The predicted octanol–water partition coefficient (Wildman–Crippen LogP) is 7.27. The summed E-state index contributed by atoms with van der Waals surface area (Å²) in [4.78, 5) is 9.72. The van der Waals surface area contributed by atoms with Gasteiger partial charge in [0.05, 0.1) is 19.8 Å². The Labute approximate surface area is 167 Å². The van der Waals surface area contributed by atoms with E-state index in [1.165, 1.54) is 37.7 Å². The first-order chi connectivity index (χ1) is 12.8. The molecule has 3 fully saturated rings. The van der Waals surface area contributed by atoms with Gasteiger partial charge in [0, 0.05) is 32.6 Å². The Hall–Kier alpha value is -1.28. The quantitative estimate of drug-likeness (QED) is 0.463. The van der Waals surface area contributed by atoms with Gasteiger partial charge in [0.25, 0.3) is 23.2 Å². The lowest BCUT2D eigenvalue weighted by molar-refractivity contribution is -0.0521. The van der Waals surface area contributed by atoms with Gasteiger partial charge >= 0.3 is 0 Å². The molecule has 148 valence electrons. The first-order valence-corrected chi connectivity index (χ1v) is 11.2. The fourth-order valence-corrected chi connectivity index (χ4v) is 7.05. The number of hydrogen-bond acceptors (Lipinski definition) is 0. The summed E-state index contributed by atoms with van der Waals surface area (Å²) in [5, 5.41) is 0. The molecule has 27 heavy (non-hydrogen) atoms. The highest BCUT2D eigenvalue weighted by atomic mass is 14.9. The van der Waals surface area contributed by atoms with E-state index >= 15 is 0 Å². The van der Waals surface area contributed by atoms with E-state index in [4.69, 9.17) is 4.85 Å². The zero-order valence-corrected chi connectivity index (χ0v) is 18.5. The molecular weight excluding hydrogens is 328 g/mol. The van der Waals surface area contributed by atoms with E-state index in [9.17, 15) is 0 Å². The Morgan fingerprint density at radius 2 is 1.93 bits per heavy atom. The summed E-state index contributed by atoms with van der Waals surface area (Å²) < 4.78 is 0. The standard InChI is InChI=1S/C25H40N2/c1-8-26-24(6,7)14-13-20-16-18(4)21-11-10-19(5)25(27-9-2)15-12-17(3)22(20)23(21)25/h18-23H,3,10-16H2,1-2,4-7H3/q+2/t18-,19-,20+,21+,22-,23-,25-/m0/s1. The van der Waals surface area contributed by atoms with Crippen LogP contribution in [0.15, 0.2) is 12.2 Å². The van der Waals surface area contributed by atoms with E-state index in [1.54, 1.807) is 0 Å². The number of nitrogens with zero attached hydrogens (tertiary/aromatic N) is 2.